The Kier molecular flexibility index (Phi) is 7.33. The highest BCUT2D eigenvalue weighted by Gasteiger charge is 2.24. The summed E-state index contributed by atoms with van der Waals surface area (Å²) in [6.07, 6.45) is 4.28. The van der Waals surface area contributed by atoms with Crippen molar-refractivity contribution in [1.82, 2.24) is 15.5 Å². The Hall–Kier alpha value is -2.06. The van der Waals surface area contributed by atoms with E-state index < -0.39 is 11.6 Å². The molecule has 28 heavy (non-hydrogen) atoms. The van der Waals surface area contributed by atoms with Crippen molar-refractivity contribution in [1.29, 1.82) is 0 Å². The van der Waals surface area contributed by atoms with Gasteiger partial charge in [0.25, 0.3) is 0 Å². The van der Waals surface area contributed by atoms with Gasteiger partial charge in [0.15, 0.2) is 0 Å². The lowest BCUT2D eigenvalue weighted by Gasteiger charge is -2.32. The number of amides is 2. The zero-order valence-electron chi connectivity index (χ0n) is 16.0. The summed E-state index contributed by atoms with van der Waals surface area (Å²) in [5.41, 5.74) is 0.127. The number of rotatable bonds is 7. The van der Waals surface area contributed by atoms with Crippen LogP contribution in [-0.4, -0.2) is 55.5 Å². The number of likely N-dealkylation sites (tertiary alicyclic amines) is 1. The van der Waals surface area contributed by atoms with E-state index in [0.29, 0.717) is 19.0 Å². The Labute approximate surface area is 164 Å². The summed E-state index contributed by atoms with van der Waals surface area (Å²) in [4.78, 5) is 26.4. The molecule has 2 heterocycles. The number of carbonyl (C=O) groups excluding carboxylic acids is 2. The molecule has 1 aromatic carbocycles. The Balaban J connectivity index is 1.38. The second-order valence-electron chi connectivity index (χ2n) is 7.66. The molecule has 2 aliphatic rings. The van der Waals surface area contributed by atoms with Gasteiger partial charge in [-0.25, -0.2) is 8.78 Å². The SMILES string of the molecule is O=C(CCN1CCCC(CNC(=O)C2CCCN2)C1)Nc1cc(F)cc(F)c1. The van der Waals surface area contributed by atoms with Crippen LogP contribution in [0.1, 0.15) is 32.1 Å². The maximum atomic E-state index is 13.2. The molecule has 6 nitrogen and oxygen atoms in total. The Morgan fingerprint density at radius 1 is 1.14 bits per heavy atom. The lowest BCUT2D eigenvalue weighted by Crippen LogP contribution is -2.45. The summed E-state index contributed by atoms with van der Waals surface area (Å²) >= 11 is 0. The molecule has 2 atom stereocenters. The minimum Gasteiger partial charge on any atom is -0.354 e. The molecule has 0 bridgehead atoms. The maximum absolute atomic E-state index is 13.2. The third kappa shape index (κ3) is 6.24. The highest BCUT2D eigenvalue weighted by Crippen LogP contribution is 2.17. The molecular weight excluding hydrogens is 366 g/mol. The van der Waals surface area contributed by atoms with Gasteiger partial charge in [-0.1, -0.05) is 0 Å². The quantitative estimate of drug-likeness (QED) is 0.660. The number of hydrogen-bond donors (Lipinski definition) is 3. The second-order valence-corrected chi connectivity index (χ2v) is 7.66. The van der Waals surface area contributed by atoms with Gasteiger partial charge in [0, 0.05) is 37.8 Å². The molecule has 1 aromatic rings. The largest absolute Gasteiger partial charge is 0.354 e. The van der Waals surface area contributed by atoms with Gasteiger partial charge in [-0.2, -0.15) is 0 Å². The number of hydrogen-bond acceptors (Lipinski definition) is 4. The van der Waals surface area contributed by atoms with Crippen LogP contribution in [0.15, 0.2) is 18.2 Å². The van der Waals surface area contributed by atoms with Gasteiger partial charge in [0.05, 0.1) is 6.04 Å². The van der Waals surface area contributed by atoms with E-state index in [0.717, 1.165) is 63.5 Å². The minimum absolute atomic E-state index is 0.0592. The van der Waals surface area contributed by atoms with E-state index in [-0.39, 0.29) is 30.0 Å². The van der Waals surface area contributed by atoms with Gasteiger partial charge < -0.3 is 20.9 Å². The number of halogens is 2. The van der Waals surface area contributed by atoms with Gasteiger partial charge in [-0.15, -0.1) is 0 Å². The van der Waals surface area contributed by atoms with Crippen molar-refractivity contribution in [3.05, 3.63) is 29.8 Å². The first-order valence-electron chi connectivity index (χ1n) is 9.99. The van der Waals surface area contributed by atoms with Gasteiger partial charge >= 0.3 is 0 Å². The molecule has 2 unspecified atom stereocenters. The van der Waals surface area contributed by atoms with Crippen LogP contribution in [0.3, 0.4) is 0 Å². The topological polar surface area (TPSA) is 73.5 Å². The summed E-state index contributed by atoms with van der Waals surface area (Å²) in [6, 6.07) is 2.90. The molecule has 0 aromatic heterocycles. The molecule has 3 rings (SSSR count). The smallest absolute Gasteiger partial charge is 0.237 e. The van der Waals surface area contributed by atoms with Crippen molar-refractivity contribution in [3.8, 4) is 0 Å². The summed E-state index contributed by atoms with van der Waals surface area (Å²) in [5.74, 6) is -1.25. The fourth-order valence-electron chi connectivity index (χ4n) is 3.91. The van der Waals surface area contributed by atoms with E-state index in [1.807, 2.05) is 0 Å². The first-order valence-corrected chi connectivity index (χ1v) is 9.99. The molecule has 154 valence electrons. The Bertz CT molecular complexity index is 675. The molecular formula is C20H28F2N4O2. The van der Waals surface area contributed by atoms with Gasteiger partial charge in [-0.05, 0) is 56.8 Å². The van der Waals surface area contributed by atoms with E-state index in [1.54, 1.807) is 0 Å². The van der Waals surface area contributed by atoms with Crippen LogP contribution in [0, 0.1) is 17.6 Å². The number of nitrogens with zero attached hydrogens (tertiary/aromatic N) is 1. The van der Waals surface area contributed by atoms with Crippen LogP contribution >= 0.6 is 0 Å². The predicted octanol–water partition coefficient (Wildman–Crippen LogP) is 1.87. The second kappa shape index (κ2) is 9.93. The maximum Gasteiger partial charge on any atom is 0.237 e. The van der Waals surface area contributed by atoms with Crippen LogP contribution in [-0.2, 0) is 9.59 Å². The summed E-state index contributed by atoms with van der Waals surface area (Å²) in [7, 11) is 0. The van der Waals surface area contributed by atoms with E-state index in [1.165, 1.54) is 0 Å². The monoisotopic (exact) mass is 394 g/mol. The first kappa shape index (κ1) is 20.7. The molecule has 2 saturated heterocycles. The number of nitrogens with one attached hydrogen (secondary N) is 3. The summed E-state index contributed by atoms with van der Waals surface area (Å²) in [6.45, 7) is 3.89. The van der Waals surface area contributed by atoms with Crippen molar-refractivity contribution in [2.45, 2.75) is 38.1 Å². The molecule has 0 aliphatic carbocycles. The number of piperidine rings is 1. The lowest BCUT2D eigenvalue weighted by molar-refractivity contribution is -0.123. The molecule has 0 saturated carbocycles. The van der Waals surface area contributed by atoms with Crippen LogP contribution in [0.25, 0.3) is 0 Å². The highest BCUT2D eigenvalue weighted by atomic mass is 19.1. The normalized spacial score (nSPS) is 22.8. The Morgan fingerprint density at radius 2 is 1.93 bits per heavy atom. The number of carbonyl (C=O) groups is 2. The molecule has 0 radical (unpaired) electrons. The van der Waals surface area contributed by atoms with E-state index in [2.05, 4.69) is 20.9 Å². The molecule has 3 N–H and O–H groups in total. The third-order valence-corrected chi connectivity index (χ3v) is 5.35. The number of benzene rings is 1. The van der Waals surface area contributed by atoms with Crippen molar-refractivity contribution < 1.29 is 18.4 Å². The Morgan fingerprint density at radius 3 is 2.64 bits per heavy atom. The third-order valence-electron chi connectivity index (χ3n) is 5.35. The standard InChI is InChI=1S/C20H28F2N4O2/c21-15-9-16(22)11-17(10-15)25-19(27)5-8-26-7-2-3-14(13-26)12-24-20(28)18-4-1-6-23-18/h9-11,14,18,23H,1-8,12-13H2,(H,24,28)(H,25,27). The predicted molar refractivity (Wildman–Crippen MR) is 103 cm³/mol. The zero-order valence-corrected chi connectivity index (χ0v) is 16.0. The van der Waals surface area contributed by atoms with Gasteiger partial charge in [-0.3, -0.25) is 9.59 Å². The molecule has 2 aliphatic heterocycles. The molecule has 0 spiro atoms. The highest BCUT2D eigenvalue weighted by molar-refractivity contribution is 5.90. The van der Waals surface area contributed by atoms with Gasteiger partial charge in [0.1, 0.15) is 11.6 Å². The van der Waals surface area contributed by atoms with Gasteiger partial charge in [0.2, 0.25) is 11.8 Å². The molecule has 8 heteroatoms. The summed E-state index contributed by atoms with van der Waals surface area (Å²) in [5, 5.41) is 8.78. The van der Waals surface area contributed by atoms with E-state index in [9.17, 15) is 18.4 Å². The fourth-order valence-corrected chi connectivity index (χ4v) is 3.91. The molecule has 2 amide bonds. The number of anilines is 1. The van der Waals surface area contributed by atoms with Crippen LogP contribution in [0.2, 0.25) is 0 Å². The average molecular weight is 394 g/mol. The summed E-state index contributed by atoms with van der Waals surface area (Å²) < 4.78 is 26.4. The van der Waals surface area contributed by atoms with Crippen LogP contribution in [0.5, 0.6) is 0 Å². The average Bonchev–Trinajstić information content (AvgIpc) is 3.19. The van der Waals surface area contributed by atoms with Crippen LogP contribution < -0.4 is 16.0 Å². The van der Waals surface area contributed by atoms with Crippen molar-refractivity contribution in [2.75, 3.05) is 38.0 Å². The van der Waals surface area contributed by atoms with Crippen molar-refractivity contribution in [3.63, 3.8) is 0 Å². The van der Waals surface area contributed by atoms with E-state index >= 15 is 0 Å². The molecule has 2 fully saturated rings. The van der Waals surface area contributed by atoms with E-state index in [4.69, 9.17) is 0 Å². The lowest BCUT2D eigenvalue weighted by atomic mass is 9.97. The van der Waals surface area contributed by atoms with Crippen molar-refractivity contribution >= 4 is 17.5 Å². The fraction of sp³-hybridized carbons (Fsp3) is 0.600. The zero-order chi connectivity index (χ0) is 19.9. The van der Waals surface area contributed by atoms with Crippen molar-refractivity contribution in [2.24, 2.45) is 5.92 Å². The minimum atomic E-state index is -0.718. The van der Waals surface area contributed by atoms with Crippen LogP contribution in [0.4, 0.5) is 14.5 Å². The first-order chi connectivity index (χ1) is 13.5.